The molecule has 0 aliphatic carbocycles. The van der Waals surface area contributed by atoms with Crippen LogP contribution >= 0.6 is 11.8 Å². The molecule has 1 aliphatic rings. The molecule has 0 aromatic carbocycles. The van der Waals surface area contributed by atoms with E-state index in [4.69, 9.17) is 4.74 Å². The van der Waals surface area contributed by atoms with Crippen LogP contribution in [0.3, 0.4) is 0 Å². The SMILES string of the molecule is C/C=C1\NC(=O)c2ccnc(c2)CNC(=O)C[C@@H](/C=C/CCSC(=O)CCCCCCC)OC(=O)[C@H](C(C)C)NC1=O. The number of amides is 3. The maximum absolute atomic E-state index is 13.2. The van der Waals surface area contributed by atoms with Crippen molar-refractivity contribution in [2.24, 2.45) is 5.92 Å². The van der Waals surface area contributed by atoms with Crippen LogP contribution in [0.2, 0.25) is 0 Å². The monoisotopic (exact) mass is 600 g/mol. The number of nitrogens with one attached hydrogen (secondary N) is 3. The van der Waals surface area contributed by atoms with Gasteiger partial charge in [0.15, 0.2) is 5.12 Å². The van der Waals surface area contributed by atoms with Crippen molar-refractivity contribution in [1.82, 2.24) is 20.9 Å². The number of carbonyl (C=O) groups is 5. The molecular formula is C31H44N4O6S. The van der Waals surface area contributed by atoms with Crippen molar-refractivity contribution in [3.05, 3.63) is 53.5 Å². The van der Waals surface area contributed by atoms with Gasteiger partial charge in [-0.2, -0.15) is 0 Å². The summed E-state index contributed by atoms with van der Waals surface area (Å²) in [5.74, 6) is -1.99. The highest BCUT2D eigenvalue weighted by molar-refractivity contribution is 8.13. The highest BCUT2D eigenvalue weighted by Gasteiger charge is 2.29. The van der Waals surface area contributed by atoms with E-state index in [9.17, 15) is 24.0 Å². The fraction of sp³-hybridized carbons (Fsp3) is 0.548. The van der Waals surface area contributed by atoms with Crippen LogP contribution in [-0.2, 0) is 30.5 Å². The van der Waals surface area contributed by atoms with Gasteiger partial charge in [-0.25, -0.2) is 4.79 Å². The van der Waals surface area contributed by atoms with Gasteiger partial charge in [-0.1, -0.05) is 70.4 Å². The van der Waals surface area contributed by atoms with E-state index in [0.29, 0.717) is 24.3 Å². The Morgan fingerprint density at radius 2 is 1.90 bits per heavy atom. The molecule has 11 heteroatoms. The van der Waals surface area contributed by atoms with Gasteiger partial charge in [0, 0.05) is 23.9 Å². The zero-order chi connectivity index (χ0) is 30.9. The first kappa shape index (κ1) is 34.7. The first-order valence-electron chi connectivity index (χ1n) is 14.7. The fourth-order valence-corrected chi connectivity index (χ4v) is 4.91. The third-order valence-electron chi connectivity index (χ3n) is 6.57. The van der Waals surface area contributed by atoms with Gasteiger partial charge >= 0.3 is 5.97 Å². The Kier molecular flexibility index (Phi) is 15.6. The number of carbonyl (C=O) groups excluding carboxylic acids is 5. The van der Waals surface area contributed by atoms with Crippen LogP contribution in [0.25, 0.3) is 0 Å². The minimum atomic E-state index is -1.02. The molecule has 0 saturated carbocycles. The van der Waals surface area contributed by atoms with E-state index in [2.05, 4.69) is 27.9 Å². The van der Waals surface area contributed by atoms with Crippen molar-refractivity contribution >= 4 is 40.6 Å². The fourth-order valence-electron chi connectivity index (χ4n) is 4.14. The lowest BCUT2D eigenvalue weighted by Crippen LogP contribution is -2.48. The molecule has 2 bridgehead atoms. The molecule has 2 atom stereocenters. The molecule has 0 saturated heterocycles. The van der Waals surface area contributed by atoms with Gasteiger partial charge in [-0.3, -0.25) is 24.2 Å². The number of aromatic nitrogens is 1. The molecule has 0 spiro atoms. The van der Waals surface area contributed by atoms with Gasteiger partial charge in [0.05, 0.1) is 18.7 Å². The van der Waals surface area contributed by atoms with Gasteiger partial charge in [-0.15, -0.1) is 0 Å². The summed E-state index contributed by atoms with van der Waals surface area (Å²) in [5, 5.41) is 8.14. The predicted octanol–water partition coefficient (Wildman–Crippen LogP) is 4.35. The van der Waals surface area contributed by atoms with Crippen LogP contribution in [-0.4, -0.2) is 51.7 Å². The van der Waals surface area contributed by atoms with Crippen molar-refractivity contribution < 1.29 is 28.7 Å². The summed E-state index contributed by atoms with van der Waals surface area (Å²) in [7, 11) is 0. The van der Waals surface area contributed by atoms with Crippen LogP contribution in [0.4, 0.5) is 0 Å². The van der Waals surface area contributed by atoms with Crippen molar-refractivity contribution in [1.29, 1.82) is 0 Å². The van der Waals surface area contributed by atoms with E-state index in [1.54, 1.807) is 32.9 Å². The normalized spacial score (nSPS) is 19.9. The van der Waals surface area contributed by atoms with Crippen molar-refractivity contribution in [3.63, 3.8) is 0 Å². The average Bonchev–Trinajstić information content (AvgIpc) is 2.96. The Bertz CT molecular complexity index is 1150. The lowest BCUT2D eigenvalue weighted by Gasteiger charge is -2.24. The average molecular weight is 601 g/mol. The van der Waals surface area contributed by atoms with Gasteiger partial charge in [0.25, 0.3) is 11.8 Å². The summed E-state index contributed by atoms with van der Waals surface area (Å²) >= 11 is 1.29. The Morgan fingerprint density at radius 3 is 2.62 bits per heavy atom. The molecule has 230 valence electrons. The Morgan fingerprint density at radius 1 is 1.14 bits per heavy atom. The number of thioether (sulfide) groups is 1. The molecule has 0 unspecified atom stereocenters. The Balaban J connectivity index is 2.13. The summed E-state index contributed by atoms with van der Waals surface area (Å²) in [5.41, 5.74) is 0.703. The van der Waals surface area contributed by atoms with E-state index in [1.165, 1.54) is 49.0 Å². The minimum Gasteiger partial charge on any atom is -0.456 e. The smallest absolute Gasteiger partial charge is 0.329 e. The number of fused-ring (bicyclic) bond motifs is 2. The van der Waals surface area contributed by atoms with Crippen LogP contribution in [0.5, 0.6) is 0 Å². The molecule has 1 aromatic rings. The van der Waals surface area contributed by atoms with Crippen molar-refractivity contribution in [3.8, 4) is 0 Å². The number of ether oxygens (including phenoxy) is 1. The molecule has 10 nitrogen and oxygen atoms in total. The molecule has 1 aromatic heterocycles. The number of cyclic esters (lactones) is 1. The molecule has 2 heterocycles. The first-order chi connectivity index (χ1) is 20.1. The van der Waals surface area contributed by atoms with Crippen LogP contribution in [0, 0.1) is 5.92 Å². The second kappa shape index (κ2) is 18.9. The Labute approximate surface area is 252 Å². The third-order valence-corrected chi connectivity index (χ3v) is 7.54. The topological polar surface area (TPSA) is 144 Å². The molecule has 42 heavy (non-hydrogen) atoms. The zero-order valence-corrected chi connectivity index (χ0v) is 25.9. The molecule has 3 N–H and O–H groups in total. The maximum atomic E-state index is 13.2. The lowest BCUT2D eigenvalue weighted by molar-refractivity contribution is -0.153. The second-order valence-electron chi connectivity index (χ2n) is 10.4. The highest BCUT2D eigenvalue weighted by Crippen LogP contribution is 2.15. The Hall–Kier alpha value is -3.47. The summed E-state index contributed by atoms with van der Waals surface area (Å²) in [6, 6.07) is 2.02. The van der Waals surface area contributed by atoms with Crippen LogP contribution in [0.15, 0.2) is 42.3 Å². The first-order valence-corrected chi connectivity index (χ1v) is 15.7. The lowest BCUT2D eigenvalue weighted by atomic mass is 10.0. The number of esters is 1. The van der Waals surface area contributed by atoms with Gasteiger partial charge in [0.2, 0.25) is 5.91 Å². The molecule has 1 aliphatic heterocycles. The van der Waals surface area contributed by atoms with Gasteiger partial charge in [0.1, 0.15) is 17.8 Å². The molecular weight excluding hydrogens is 556 g/mol. The van der Waals surface area contributed by atoms with E-state index >= 15 is 0 Å². The molecule has 0 fully saturated rings. The standard InChI is InChI=1S/C31H44N4O6S/c1-5-7-8-9-10-14-27(37)42-17-12-11-13-24-19-26(36)33-20-23-18-22(15-16-32-23)29(38)34-25(6-2)30(39)35-28(21(3)4)31(40)41-24/h6,11,13,15-16,18,21,24,28H,5,7-10,12,14,17,19-20H2,1-4H3,(H,33,36)(H,34,38)(H,35,39)/b13-11+,25-6-/t24-,28+/m1/s1. The predicted molar refractivity (Wildman–Crippen MR) is 163 cm³/mol. The summed E-state index contributed by atoms with van der Waals surface area (Å²) in [4.78, 5) is 68.1. The third kappa shape index (κ3) is 12.6. The van der Waals surface area contributed by atoms with E-state index < -0.39 is 29.9 Å². The number of nitrogens with zero attached hydrogens (tertiary/aromatic N) is 1. The second-order valence-corrected chi connectivity index (χ2v) is 11.6. The van der Waals surface area contributed by atoms with Gasteiger partial charge < -0.3 is 20.7 Å². The molecule has 0 radical (unpaired) electrons. The highest BCUT2D eigenvalue weighted by atomic mass is 32.2. The molecule has 3 amide bonds. The number of rotatable bonds is 11. The van der Waals surface area contributed by atoms with E-state index in [1.807, 2.05) is 0 Å². The van der Waals surface area contributed by atoms with Crippen molar-refractivity contribution in [2.75, 3.05) is 5.75 Å². The largest absolute Gasteiger partial charge is 0.456 e. The number of allylic oxidation sites excluding steroid dienone is 2. The minimum absolute atomic E-state index is 0.0124. The number of hydrogen-bond donors (Lipinski definition) is 3. The molecule has 2 rings (SSSR count). The number of pyridine rings is 1. The summed E-state index contributed by atoms with van der Waals surface area (Å²) < 4.78 is 5.69. The van der Waals surface area contributed by atoms with E-state index in [-0.39, 0.29) is 41.2 Å². The zero-order valence-electron chi connectivity index (χ0n) is 25.1. The van der Waals surface area contributed by atoms with E-state index in [0.717, 1.165) is 19.3 Å². The quantitative estimate of drug-likeness (QED) is 0.147. The van der Waals surface area contributed by atoms with Crippen LogP contribution in [0.1, 0.15) is 95.1 Å². The van der Waals surface area contributed by atoms with Gasteiger partial charge in [-0.05, 0) is 43.9 Å². The van der Waals surface area contributed by atoms with Crippen molar-refractivity contribution in [2.45, 2.75) is 97.8 Å². The summed E-state index contributed by atoms with van der Waals surface area (Å²) in [6.45, 7) is 7.34. The summed E-state index contributed by atoms with van der Waals surface area (Å²) in [6.07, 6.45) is 11.9. The number of hydrogen-bond acceptors (Lipinski definition) is 8. The van der Waals surface area contributed by atoms with Crippen LogP contribution < -0.4 is 16.0 Å². The number of unbranched alkanes of at least 4 members (excludes halogenated alkanes) is 4. The maximum Gasteiger partial charge on any atom is 0.329 e.